The molecule has 2 aromatic rings. The molecule has 1 aromatic carbocycles. The first-order valence-corrected chi connectivity index (χ1v) is 8.53. The van der Waals surface area contributed by atoms with Crippen LogP contribution in [-0.4, -0.2) is 55.1 Å². The first-order valence-electron chi connectivity index (χ1n) is 8.53. The number of guanidine groups is 1. The zero-order valence-corrected chi connectivity index (χ0v) is 18.7. The number of anilines is 1. The fraction of sp³-hybridized carbons (Fsp3) is 0.389. The maximum Gasteiger partial charge on any atom is 0.433 e. The third-order valence-electron chi connectivity index (χ3n) is 3.81. The number of hydrogen-bond donors (Lipinski definition) is 2. The molecule has 0 radical (unpaired) electrons. The van der Waals surface area contributed by atoms with E-state index in [1.807, 2.05) is 36.2 Å². The average molecular weight is 524 g/mol. The van der Waals surface area contributed by atoms with Crippen molar-refractivity contribution in [1.29, 1.82) is 0 Å². The van der Waals surface area contributed by atoms with Gasteiger partial charge in [0.2, 0.25) is 5.95 Å². The van der Waals surface area contributed by atoms with E-state index < -0.39 is 11.9 Å². The Kier molecular flexibility index (Phi) is 9.92. The molecule has 0 aliphatic heterocycles. The van der Waals surface area contributed by atoms with Crippen LogP contribution in [0.25, 0.3) is 0 Å². The molecule has 160 valence electrons. The van der Waals surface area contributed by atoms with Crippen molar-refractivity contribution >= 4 is 35.9 Å². The highest BCUT2D eigenvalue weighted by Crippen LogP contribution is 2.27. The average Bonchev–Trinajstić information content (AvgIpc) is 2.68. The van der Waals surface area contributed by atoms with Gasteiger partial charge in [0.15, 0.2) is 5.96 Å². The monoisotopic (exact) mass is 524 g/mol. The lowest BCUT2D eigenvalue weighted by molar-refractivity contribution is -0.141. The van der Waals surface area contributed by atoms with Crippen LogP contribution in [0.2, 0.25) is 0 Å². The van der Waals surface area contributed by atoms with Crippen LogP contribution in [0, 0.1) is 0 Å². The number of ether oxygens (including phenoxy) is 1. The summed E-state index contributed by atoms with van der Waals surface area (Å²) in [5.74, 6) is 1.35. The summed E-state index contributed by atoms with van der Waals surface area (Å²) in [6.45, 7) is 1.32. The Hall–Kier alpha value is -2.31. The summed E-state index contributed by atoms with van der Waals surface area (Å²) >= 11 is 0. The Morgan fingerprint density at radius 2 is 1.93 bits per heavy atom. The molecule has 0 bridgehead atoms. The second-order valence-electron chi connectivity index (χ2n) is 5.83. The number of aromatic nitrogens is 2. The van der Waals surface area contributed by atoms with Crippen LogP contribution in [0.1, 0.15) is 11.3 Å². The molecule has 0 unspecified atom stereocenters. The predicted molar refractivity (Wildman–Crippen MR) is 117 cm³/mol. The molecule has 0 saturated carbocycles. The summed E-state index contributed by atoms with van der Waals surface area (Å²) in [5, 5.41) is 5.90. The summed E-state index contributed by atoms with van der Waals surface area (Å²) in [6.07, 6.45) is -3.42. The Labute approximate surface area is 184 Å². The lowest BCUT2D eigenvalue weighted by atomic mass is 10.2. The molecule has 1 aromatic heterocycles. The van der Waals surface area contributed by atoms with Gasteiger partial charge in [0, 0.05) is 45.5 Å². The Morgan fingerprint density at radius 3 is 2.59 bits per heavy atom. The molecule has 2 rings (SSSR count). The van der Waals surface area contributed by atoms with E-state index in [1.165, 1.54) is 0 Å². The van der Waals surface area contributed by atoms with Gasteiger partial charge in [0.05, 0.1) is 7.11 Å². The first kappa shape index (κ1) is 24.7. The zero-order valence-electron chi connectivity index (χ0n) is 16.3. The molecule has 2 N–H and O–H groups in total. The van der Waals surface area contributed by atoms with Gasteiger partial charge in [-0.3, -0.25) is 4.99 Å². The molecule has 11 heteroatoms. The second-order valence-corrected chi connectivity index (χ2v) is 5.83. The fourth-order valence-electron chi connectivity index (χ4n) is 2.50. The van der Waals surface area contributed by atoms with Gasteiger partial charge in [0.25, 0.3) is 0 Å². The number of rotatable bonds is 7. The minimum atomic E-state index is -4.50. The van der Waals surface area contributed by atoms with Gasteiger partial charge in [0.1, 0.15) is 11.4 Å². The molecule has 0 amide bonds. The van der Waals surface area contributed by atoms with Gasteiger partial charge in [-0.2, -0.15) is 13.2 Å². The van der Waals surface area contributed by atoms with E-state index in [4.69, 9.17) is 4.74 Å². The molecule has 0 atom stereocenters. The molecular formula is C18H24F3IN6O. The Morgan fingerprint density at radius 1 is 1.21 bits per heavy atom. The zero-order chi connectivity index (χ0) is 20.6. The third kappa shape index (κ3) is 7.55. The lowest BCUT2D eigenvalue weighted by Gasteiger charge is -2.23. The van der Waals surface area contributed by atoms with Crippen LogP contribution < -0.4 is 15.4 Å². The Bertz CT molecular complexity index is 803. The summed E-state index contributed by atoms with van der Waals surface area (Å²) in [4.78, 5) is 13.4. The molecule has 0 aliphatic rings. The number of halogens is 4. The van der Waals surface area contributed by atoms with Crippen molar-refractivity contribution in [2.75, 3.05) is 39.6 Å². The second kappa shape index (κ2) is 11.6. The van der Waals surface area contributed by atoms with Crippen molar-refractivity contribution in [1.82, 2.24) is 20.2 Å². The van der Waals surface area contributed by atoms with E-state index in [2.05, 4.69) is 25.6 Å². The molecule has 0 saturated heterocycles. The highest BCUT2D eigenvalue weighted by atomic mass is 127. The summed E-state index contributed by atoms with van der Waals surface area (Å²) in [6, 6.07) is 8.52. The fourth-order valence-corrected chi connectivity index (χ4v) is 2.50. The van der Waals surface area contributed by atoms with Crippen molar-refractivity contribution in [2.45, 2.75) is 12.7 Å². The van der Waals surface area contributed by atoms with Crippen LogP contribution in [0.3, 0.4) is 0 Å². The quantitative estimate of drug-likeness (QED) is 0.251. The SMILES string of the molecule is CN=C(NCCNc1nccc(C(F)(F)F)n1)N(C)Cc1ccccc1OC.I. The van der Waals surface area contributed by atoms with Crippen molar-refractivity contribution < 1.29 is 17.9 Å². The lowest BCUT2D eigenvalue weighted by Crippen LogP contribution is -2.40. The summed E-state index contributed by atoms with van der Waals surface area (Å²) < 4.78 is 43.4. The number of nitrogens with zero attached hydrogens (tertiary/aromatic N) is 4. The standard InChI is InChI=1S/C18H23F3N6O.HI/c1-22-17(27(2)12-13-6-4-5-7-14(13)28-3)25-11-10-24-16-23-9-8-15(26-16)18(19,20)21;/h4-9H,10-12H2,1-3H3,(H,22,25)(H,23,24,26);1H. The predicted octanol–water partition coefficient (Wildman–Crippen LogP) is 3.24. The van der Waals surface area contributed by atoms with Gasteiger partial charge < -0.3 is 20.3 Å². The van der Waals surface area contributed by atoms with Crippen LogP contribution in [-0.2, 0) is 12.7 Å². The Balaban J connectivity index is 0.00000420. The first-order chi connectivity index (χ1) is 13.3. The topological polar surface area (TPSA) is 74.7 Å². The van der Waals surface area contributed by atoms with Crippen LogP contribution in [0.15, 0.2) is 41.5 Å². The molecular weight excluding hydrogens is 500 g/mol. The van der Waals surface area contributed by atoms with Gasteiger partial charge >= 0.3 is 6.18 Å². The van der Waals surface area contributed by atoms with E-state index in [0.29, 0.717) is 25.6 Å². The minimum Gasteiger partial charge on any atom is -0.496 e. The van der Waals surface area contributed by atoms with Gasteiger partial charge in [-0.15, -0.1) is 24.0 Å². The smallest absolute Gasteiger partial charge is 0.433 e. The number of para-hydroxylation sites is 1. The van der Waals surface area contributed by atoms with Crippen molar-refractivity contribution in [3.05, 3.63) is 47.8 Å². The van der Waals surface area contributed by atoms with Crippen molar-refractivity contribution in [2.24, 2.45) is 4.99 Å². The molecule has 0 aliphatic carbocycles. The number of nitrogens with one attached hydrogen (secondary N) is 2. The van der Waals surface area contributed by atoms with Crippen molar-refractivity contribution in [3.63, 3.8) is 0 Å². The van der Waals surface area contributed by atoms with E-state index in [9.17, 15) is 13.2 Å². The molecule has 29 heavy (non-hydrogen) atoms. The van der Waals surface area contributed by atoms with Gasteiger partial charge in [-0.25, -0.2) is 9.97 Å². The maximum absolute atomic E-state index is 12.7. The van der Waals surface area contributed by atoms with Gasteiger partial charge in [-0.05, 0) is 12.1 Å². The highest BCUT2D eigenvalue weighted by Gasteiger charge is 2.32. The molecule has 7 nitrogen and oxygen atoms in total. The molecule has 0 spiro atoms. The normalized spacial score (nSPS) is 11.4. The van der Waals surface area contributed by atoms with E-state index in [-0.39, 0.29) is 29.9 Å². The number of alkyl halides is 3. The number of aliphatic imine (C=N–C) groups is 1. The van der Waals surface area contributed by atoms with Gasteiger partial charge in [-0.1, -0.05) is 18.2 Å². The van der Waals surface area contributed by atoms with Crippen LogP contribution in [0.4, 0.5) is 19.1 Å². The number of hydrogen-bond acceptors (Lipinski definition) is 5. The molecule has 1 heterocycles. The highest BCUT2D eigenvalue weighted by molar-refractivity contribution is 14.0. The number of benzene rings is 1. The molecule has 0 fully saturated rings. The summed E-state index contributed by atoms with van der Waals surface area (Å²) in [7, 11) is 5.16. The van der Waals surface area contributed by atoms with E-state index in [1.54, 1.807) is 14.2 Å². The van der Waals surface area contributed by atoms with E-state index >= 15 is 0 Å². The van der Waals surface area contributed by atoms with Crippen LogP contribution in [0.5, 0.6) is 5.75 Å². The third-order valence-corrected chi connectivity index (χ3v) is 3.81. The summed E-state index contributed by atoms with van der Waals surface area (Å²) in [5.41, 5.74) is 0.0243. The number of methoxy groups -OCH3 is 1. The van der Waals surface area contributed by atoms with Crippen LogP contribution >= 0.6 is 24.0 Å². The minimum absolute atomic E-state index is 0. The maximum atomic E-state index is 12.7. The van der Waals surface area contributed by atoms with E-state index in [0.717, 1.165) is 23.6 Å². The largest absolute Gasteiger partial charge is 0.496 e. The van der Waals surface area contributed by atoms with Crippen molar-refractivity contribution in [3.8, 4) is 5.75 Å².